The number of amides is 1. The molecule has 0 radical (unpaired) electrons. The molecule has 4 nitrogen and oxygen atoms in total. The lowest BCUT2D eigenvalue weighted by Crippen LogP contribution is -2.34. The van der Waals surface area contributed by atoms with E-state index < -0.39 is 0 Å². The maximum absolute atomic E-state index is 12.0. The molecule has 1 aromatic carbocycles. The van der Waals surface area contributed by atoms with E-state index in [0.717, 1.165) is 6.42 Å². The van der Waals surface area contributed by atoms with E-state index >= 15 is 0 Å². The van der Waals surface area contributed by atoms with E-state index in [-0.39, 0.29) is 11.9 Å². The first-order chi connectivity index (χ1) is 8.22. The quantitative estimate of drug-likeness (QED) is 0.845. The first-order valence-corrected chi connectivity index (χ1v) is 5.53. The van der Waals surface area contributed by atoms with Crippen LogP contribution in [0.3, 0.4) is 0 Å². The average Bonchev–Trinajstić information content (AvgIpc) is 2.38. The van der Waals surface area contributed by atoms with Gasteiger partial charge in [-0.2, -0.15) is 5.26 Å². The van der Waals surface area contributed by atoms with Crippen LogP contribution < -0.4 is 10.1 Å². The zero-order valence-corrected chi connectivity index (χ0v) is 10.1. The number of carbonyl (C=O) groups excluding carboxylic acids is 1. The predicted octanol–water partition coefficient (Wildman–Crippen LogP) is 2.12. The molecule has 17 heavy (non-hydrogen) atoms. The molecular weight excluding hydrogens is 216 g/mol. The Kier molecular flexibility index (Phi) is 5.02. The van der Waals surface area contributed by atoms with Gasteiger partial charge < -0.3 is 10.1 Å². The van der Waals surface area contributed by atoms with Gasteiger partial charge in [0, 0.05) is 6.04 Å². The molecule has 4 heteroatoms. The number of rotatable bonds is 5. The molecular formula is C13H16N2O2. The van der Waals surface area contributed by atoms with Gasteiger partial charge in [0.15, 0.2) is 0 Å². The van der Waals surface area contributed by atoms with Crippen LogP contribution in [0.1, 0.15) is 30.1 Å². The lowest BCUT2D eigenvalue weighted by molar-refractivity contribution is 0.0933. The number of hydrogen-bond donors (Lipinski definition) is 1. The van der Waals surface area contributed by atoms with Crippen molar-refractivity contribution in [1.82, 2.24) is 5.32 Å². The number of nitriles is 1. The van der Waals surface area contributed by atoms with Crippen LogP contribution in [0, 0.1) is 11.3 Å². The number of nitrogens with one attached hydrogen (secondary N) is 1. The molecule has 1 atom stereocenters. The SMILES string of the molecule is CCC(CC#N)NC(=O)c1ccccc1OC. The fourth-order valence-corrected chi connectivity index (χ4v) is 1.50. The van der Waals surface area contributed by atoms with Crippen molar-refractivity contribution in [3.63, 3.8) is 0 Å². The summed E-state index contributed by atoms with van der Waals surface area (Å²) in [5.41, 5.74) is 0.492. The van der Waals surface area contributed by atoms with Crippen molar-refractivity contribution >= 4 is 5.91 Å². The molecule has 0 heterocycles. The van der Waals surface area contributed by atoms with E-state index in [1.807, 2.05) is 13.0 Å². The Balaban J connectivity index is 2.79. The summed E-state index contributed by atoms with van der Waals surface area (Å²) >= 11 is 0. The molecule has 1 rings (SSSR count). The fourth-order valence-electron chi connectivity index (χ4n) is 1.50. The van der Waals surface area contributed by atoms with Gasteiger partial charge in [-0.25, -0.2) is 0 Å². The molecule has 0 spiro atoms. The Labute approximate surface area is 101 Å². The van der Waals surface area contributed by atoms with E-state index in [9.17, 15) is 4.79 Å². The third kappa shape index (κ3) is 3.49. The molecule has 0 saturated heterocycles. The summed E-state index contributed by atoms with van der Waals surface area (Å²) in [5, 5.41) is 11.4. The van der Waals surface area contributed by atoms with Crippen LogP contribution in [0.5, 0.6) is 5.75 Å². The van der Waals surface area contributed by atoms with Crippen LogP contribution in [-0.4, -0.2) is 19.1 Å². The smallest absolute Gasteiger partial charge is 0.255 e. The first-order valence-electron chi connectivity index (χ1n) is 5.53. The van der Waals surface area contributed by atoms with Crippen LogP contribution in [-0.2, 0) is 0 Å². The average molecular weight is 232 g/mol. The zero-order chi connectivity index (χ0) is 12.7. The Morgan fingerprint density at radius 2 is 2.24 bits per heavy atom. The number of nitrogens with zero attached hydrogens (tertiary/aromatic N) is 1. The monoisotopic (exact) mass is 232 g/mol. The van der Waals surface area contributed by atoms with Gasteiger partial charge in [-0.15, -0.1) is 0 Å². The second kappa shape index (κ2) is 6.54. The van der Waals surface area contributed by atoms with Crippen LogP contribution >= 0.6 is 0 Å². The number of ether oxygens (including phenoxy) is 1. The van der Waals surface area contributed by atoms with Crippen molar-refractivity contribution in [2.45, 2.75) is 25.8 Å². The van der Waals surface area contributed by atoms with Crippen LogP contribution in [0.25, 0.3) is 0 Å². The highest BCUT2D eigenvalue weighted by atomic mass is 16.5. The summed E-state index contributed by atoms with van der Waals surface area (Å²) < 4.78 is 5.12. The minimum absolute atomic E-state index is 0.114. The summed E-state index contributed by atoms with van der Waals surface area (Å²) in [6.45, 7) is 1.94. The van der Waals surface area contributed by atoms with Gasteiger partial charge in [0.05, 0.1) is 25.2 Å². The predicted molar refractivity (Wildman–Crippen MR) is 64.8 cm³/mol. The normalized spacial score (nSPS) is 11.4. The highest BCUT2D eigenvalue weighted by Crippen LogP contribution is 2.17. The maximum Gasteiger partial charge on any atom is 0.255 e. The minimum Gasteiger partial charge on any atom is -0.496 e. The molecule has 90 valence electrons. The van der Waals surface area contributed by atoms with Gasteiger partial charge >= 0.3 is 0 Å². The lowest BCUT2D eigenvalue weighted by Gasteiger charge is -2.14. The molecule has 0 aliphatic heterocycles. The van der Waals surface area contributed by atoms with E-state index in [4.69, 9.17) is 10.00 Å². The Hall–Kier alpha value is -2.02. The summed E-state index contributed by atoms with van der Waals surface area (Å²) in [6, 6.07) is 8.97. The number of benzene rings is 1. The topological polar surface area (TPSA) is 62.1 Å². The Bertz CT molecular complexity index is 424. The molecule has 0 saturated carbocycles. The number of para-hydroxylation sites is 1. The Morgan fingerprint density at radius 3 is 2.82 bits per heavy atom. The number of methoxy groups -OCH3 is 1. The molecule has 1 unspecified atom stereocenters. The van der Waals surface area contributed by atoms with Crippen molar-refractivity contribution in [3.05, 3.63) is 29.8 Å². The second-order valence-electron chi connectivity index (χ2n) is 3.64. The number of hydrogen-bond acceptors (Lipinski definition) is 3. The third-order valence-electron chi connectivity index (χ3n) is 2.52. The zero-order valence-electron chi connectivity index (χ0n) is 10.1. The van der Waals surface area contributed by atoms with Crippen molar-refractivity contribution in [2.24, 2.45) is 0 Å². The Morgan fingerprint density at radius 1 is 1.53 bits per heavy atom. The van der Waals surface area contributed by atoms with Crippen molar-refractivity contribution < 1.29 is 9.53 Å². The molecule has 0 bridgehead atoms. The molecule has 0 fully saturated rings. The van der Waals surface area contributed by atoms with Gasteiger partial charge in [-0.1, -0.05) is 19.1 Å². The van der Waals surface area contributed by atoms with E-state index in [1.165, 1.54) is 7.11 Å². The lowest BCUT2D eigenvalue weighted by atomic mass is 10.1. The van der Waals surface area contributed by atoms with E-state index in [1.54, 1.807) is 18.2 Å². The van der Waals surface area contributed by atoms with E-state index in [2.05, 4.69) is 11.4 Å². The van der Waals surface area contributed by atoms with Crippen LogP contribution in [0.15, 0.2) is 24.3 Å². The molecule has 1 aromatic rings. The molecule has 0 aliphatic carbocycles. The summed E-state index contributed by atoms with van der Waals surface area (Å²) in [7, 11) is 1.53. The maximum atomic E-state index is 12.0. The second-order valence-corrected chi connectivity index (χ2v) is 3.64. The number of carbonyl (C=O) groups is 1. The molecule has 1 amide bonds. The minimum atomic E-state index is -0.204. The highest BCUT2D eigenvalue weighted by Gasteiger charge is 2.15. The standard InChI is InChI=1S/C13H16N2O2/c1-3-10(8-9-14)15-13(16)11-6-4-5-7-12(11)17-2/h4-7,10H,3,8H2,1-2H3,(H,15,16). The van der Waals surface area contributed by atoms with Gasteiger partial charge in [0.25, 0.3) is 5.91 Å². The first kappa shape index (κ1) is 13.0. The van der Waals surface area contributed by atoms with Crippen LogP contribution in [0.4, 0.5) is 0 Å². The van der Waals surface area contributed by atoms with Crippen LogP contribution in [0.2, 0.25) is 0 Å². The van der Waals surface area contributed by atoms with Crippen molar-refractivity contribution in [1.29, 1.82) is 5.26 Å². The van der Waals surface area contributed by atoms with E-state index in [0.29, 0.717) is 17.7 Å². The largest absolute Gasteiger partial charge is 0.496 e. The fraction of sp³-hybridized carbons (Fsp3) is 0.385. The van der Waals surface area contributed by atoms with Gasteiger partial charge in [-0.3, -0.25) is 4.79 Å². The van der Waals surface area contributed by atoms with Crippen molar-refractivity contribution in [3.8, 4) is 11.8 Å². The third-order valence-corrected chi connectivity index (χ3v) is 2.52. The summed E-state index contributed by atoms with van der Waals surface area (Å²) in [5.74, 6) is 0.335. The van der Waals surface area contributed by atoms with Gasteiger partial charge in [0.1, 0.15) is 5.75 Å². The highest BCUT2D eigenvalue weighted by molar-refractivity contribution is 5.97. The molecule has 0 aliphatic rings. The van der Waals surface area contributed by atoms with Crippen molar-refractivity contribution in [2.75, 3.05) is 7.11 Å². The summed E-state index contributed by atoms with van der Waals surface area (Å²) in [6.07, 6.45) is 1.05. The molecule has 0 aromatic heterocycles. The summed E-state index contributed by atoms with van der Waals surface area (Å²) in [4.78, 5) is 12.0. The van der Waals surface area contributed by atoms with Gasteiger partial charge in [-0.05, 0) is 18.6 Å². The molecule has 1 N–H and O–H groups in total. The van der Waals surface area contributed by atoms with Gasteiger partial charge in [0.2, 0.25) is 0 Å².